The van der Waals surface area contributed by atoms with Crippen LogP contribution in [0.5, 0.6) is 0 Å². The summed E-state index contributed by atoms with van der Waals surface area (Å²) in [5.74, 6) is 0.450. The molecule has 0 aromatic rings. The average molecular weight is 173 g/mol. The summed E-state index contributed by atoms with van der Waals surface area (Å²) in [6, 6.07) is -0.510. The molecule has 0 spiro atoms. The molecule has 3 nitrogen and oxygen atoms in total. The Balaban J connectivity index is 3.89. The van der Waals surface area contributed by atoms with Crippen molar-refractivity contribution in [3.05, 3.63) is 0 Å². The summed E-state index contributed by atoms with van der Waals surface area (Å²) < 4.78 is 0. The first-order valence-corrected chi connectivity index (χ1v) is 4.47. The second-order valence-electron chi connectivity index (χ2n) is 3.41. The van der Waals surface area contributed by atoms with Crippen molar-refractivity contribution in [3.8, 4) is 0 Å². The van der Waals surface area contributed by atoms with Gasteiger partial charge in [-0.25, -0.2) is 0 Å². The number of aliphatic hydroxyl groups is 1. The van der Waals surface area contributed by atoms with Crippen molar-refractivity contribution in [3.63, 3.8) is 0 Å². The van der Waals surface area contributed by atoms with Gasteiger partial charge in [0.2, 0.25) is 0 Å². The summed E-state index contributed by atoms with van der Waals surface area (Å²) >= 11 is 0. The standard InChI is InChI=1S/C9H19NO2/c1-3-7(2)4-8(5-11)9(10)6-12/h6-9,11H,3-5,10H2,1-2H3. The van der Waals surface area contributed by atoms with Gasteiger partial charge in [-0.2, -0.15) is 0 Å². The molecule has 0 aliphatic heterocycles. The van der Waals surface area contributed by atoms with E-state index in [0.717, 1.165) is 12.8 Å². The van der Waals surface area contributed by atoms with Crippen molar-refractivity contribution in [2.24, 2.45) is 17.6 Å². The number of carbonyl (C=O) groups excluding carboxylic acids is 1. The molecular formula is C9H19NO2. The third-order valence-corrected chi connectivity index (χ3v) is 2.34. The van der Waals surface area contributed by atoms with Crippen LogP contribution in [0.1, 0.15) is 26.7 Å². The molecule has 0 rings (SSSR count). The molecule has 0 aromatic carbocycles. The number of rotatable bonds is 6. The fourth-order valence-corrected chi connectivity index (χ4v) is 1.15. The minimum absolute atomic E-state index is 0.00421. The molecule has 0 saturated heterocycles. The molecule has 12 heavy (non-hydrogen) atoms. The predicted molar refractivity (Wildman–Crippen MR) is 48.7 cm³/mol. The van der Waals surface area contributed by atoms with E-state index in [1.54, 1.807) is 0 Å². The van der Waals surface area contributed by atoms with E-state index in [-0.39, 0.29) is 12.5 Å². The SMILES string of the molecule is CCC(C)CC(CO)C(N)C=O. The summed E-state index contributed by atoms with van der Waals surface area (Å²) in [6.45, 7) is 4.19. The van der Waals surface area contributed by atoms with E-state index in [0.29, 0.717) is 12.2 Å². The number of hydrogen-bond donors (Lipinski definition) is 2. The lowest BCUT2D eigenvalue weighted by Crippen LogP contribution is -2.34. The van der Waals surface area contributed by atoms with Crippen molar-refractivity contribution in [1.29, 1.82) is 0 Å². The molecule has 0 aliphatic carbocycles. The topological polar surface area (TPSA) is 63.3 Å². The zero-order valence-corrected chi connectivity index (χ0v) is 7.86. The highest BCUT2D eigenvalue weighted by molar-refractivity contribution is 5.57. The Kier molecular flexibility index (Phi) is 5.93. The molecule has 3 N–H and O–H groups in total. The maximum atomic E-state index is 10.3. The van der Waals surface area contributed by atoms with E-state index in [4.69, 9.17) is 10.8 Å². The minimum atomic E-state index is -0.510. The Morgan fingerprint density at radius 1 is 1.58 bits per heavy atom. The molecule has 3 atom stereocenters. The van der Waals surface area contributed by atoms with Gasteiger partial charge in [-0.3, -0.25) is 0 Å². The minimum Gasteiger partial charge on any atom is -0.396 e. The Hall–Kier alpha value is -0.410. The van der Waals surface area contributed by atoms with Crippen molar-refractivity contribution >= 4 is 6.29 Å². The second kappa shape index (κ2) is 6.14. The van der Waals surface area contributed by atoms with Gasteiger partial charge in [0.25, 0.3) is 0 Å². The number of hydrogen-bond acceptors (Lipinski definition) is 3. The smallest absolute Gasteiger partial charge is 0.137 e. The van der Waals surface area contributed by atoms with E-state index < -0.39 is 6.04 Å². The summed E-state index contributed by atoms with van der Waals surface area (Å²) in [4.78, 5) is 10.3. The first-order chi connectivity index (χ1) is 5.65. The van der Waals surface area contributed by atoms with Gasteiger partial charge in [-0.15, -0.1) is 0 Å². The third-order valence-electron chi connectivity index (χ3n) is 2.34. The highest BCUT2D eigenvalue weighted by Crippen LogP contribution is 2.16. The third kappa shape index (κ3) is 3.83. The molecule has 0 fully saturated rings. The summed E-state index contributed by atoms with van der Waals surface area (Å²) in [5.41, 5.74) is 5.50. The van der Waals surface area contributed by atoms with Crippen molar-refractivity contribution in [2.75, 3.05) is 6.61 Å². The normalized spacial score (nSPS) is 18.3. The zero-order valence-electron chi connectivity index (χ0n) is 7.86. The largest absolute Gasteiger partial charge is 0.396 e. The van der Waals surface area contributed by atoms with E-state index in [1.807, 2.05) is 0 Å². The highest BCUT2D eigenvalue weighted by atomic mass is 16.3. The molecule has 0 heterocycles. The van der Waals surface area contributed by atoms with Crippen LogP contribution in [0.3, 0.4) is 0 Å². The first kappa shape index (κ1) is 11.6. The van der Waals surface area contributed by atoms with Crippen LogP contribution in [0.25, 0.3) is 0 Å². The van der Waals surface area contributed by atoms with Crippen LogP contribution < -0.4 is 5.73 Å². The van der Waals surface area contributed by atoms with Crippen LogP contribution in [0, 0.1) is 11.8 Å². The molecule has 3 unspecified atom stereocenters. The zero-order chi connectivity index (χ0) is 9.56. The van der Waals surface area contributed by atoms with Crippen LogP contribution in [0.15, 0.2) is 0 Å². The fourth-order valence-electron chi connectivity index (χ4n) is 1.15. The second-order valence-corrected chi connectivity index (χ2v) is 3.41. The lowest BCUT2D eigenvalue weighted by Gasteiger charge is -2.20. The van der Waals surface area contributed by atoms with E-state index in [1.165, 1.54) is 0 Å². The average Bonchev–Trinajstić information content (AvgIpc) is 2.12. The first-order valence-electron chi connectivity index (χ1n) is 4.47. The summed E-state index contributed by atoms with van der Waals surface area (Å²) in [5, 5.41) is 8.93. The quantitative estimate of drug-likeness (QED) is 0.577. The Morgan fingerprint density at radius 2 is 2.17 bits per heavy atom. The Labute approximate surface area is 74.0 Å². The van der Waals surface area contributed by atoms with Crippen LogP contribution in [0.4, 0.5) is 0 Å². The van der Waals surface area contributed by atoms with Crippen LogP contribution >= 0.6 is 0 Å². The van der Waals surface area contributed by atoms with Crippen LogP contribution in [-0.2, 0) is 4.79 Å². The Bertz CT molecular complexity index is 128. The van der Waals surface area contributed by atoms with E-state index in [2.05, 4.69) is 13.8 Å². The molecule has 0 aromatic heterocycles. The summed E-state index contributed by atoms with van der Waals surface area (Å²) in [6.07, 6.45) is 2.60. The molecule has 72 valence electrons. The molecule has 3 heteroatoms. The Morgan fingerprint density at radius 3 is 2.50 bits per heavy atom. The number of nitrogens with two attached hydrogens (primary N) is 1. The van der Waals surface area contributed by atoms with Gasteiger partial charge in [0.15, 0.2) is 0 Å². The highest BCUT2D eigenvalue weighted by Gasteiger charge is 2.18. The molecule has 0 radical (unpaired) electrons. The van der Waals surface area contributed by atoms with Gasteiger partial charge < -0.3 is 15.6 Å². The molecule has 0 aliphatic rings. The molecule has 0 saturated carbocycles. The van der Waals surface area contributed by atoms with Gasteiger partial charge in [0.05, 0.1) is 6.04 Å². The van der Waals surface area contributed by atoms with Gasteiger partial charge in [-0.05, 0) is 12.3 Å². The fraction of sp³-hybridized carbons (Fsp3) is 0.889. The van der Waals surface area contributed by atoms with Crippen molar-refractivity contribution in [2.45, 2.75) is 32.7 Å². The van der Waals surface area contributed by atoms with Crippen molar-refractivity contribution in [1.82, 2.24) is 0 Å². The van der Waals surface area contributed by atoms with E-state index in [9.17, 15) is 4.79 Å². The monoisotopic (exact) mass is 173 g/mol. The predicted octanol–water partition coefficient (Wildman–Crippen LogP) is 0.557. The maximum Gasteiger partial charge on any atom is 0.137 e. The number of aldehydes is 1. The molecular weight excluding hydrogens is 154 g/mol. The summed E-state index contributed by atoms with van der Waals surface area (Å²) in [7, 11) is 0. The van der Waals surface area contributed by atoms with Gasteiger partial charge in [0.1, 0.15) is 6.29 Å². The van der Waals surface area contributed by atoms with Gasteiger partial charge >= 0.3 is 0 Å². The van der Waals surface area contributed by atoms with Gasteiger partial charge in [0, 0.05) is 12.5 Å². The van der Waals surface area contributed by atoms with Crippen molar-refractivity contribution < 1.29 is 9.90 Å². The lowest BCUT2D eigenvalue weighted by molar-refractivity contribution is -0.110. The molecule has 0 amide bonds. The lowest BCUT2D eigenvalue weighted by atomic mass is 9.90. The maximum absolute atomic E-state index is 10.3. The number of carbonyl (C=O) groups is 1. The molecule has 0 bridgehead atoms. The number of aliphatic hydroxyl groups excluding tert-OH is 1. The van der Waals surface area contributed by atoms with Crippen LogP contribution in [0.2, 0.25) is 0 Å². The van der Waals surface area contributed by atoms with E-state index >= 15 is 0 Å². The van der Waals surface area contributed by atoms with Crippen LogP contribution in [-0.4, -0.2) is 24.0 Å². The van der Waals surface area contributed by atoms with Gasteiger partial charge in [-0.1, -0.05) is 20.3 Å².